The van der Waals surface area contributed by atoms with Crippen molar-refractivity contribution in [2.45, 2.75) is 26.7 Å². The molecule has 0 saturated heterocycles. The number of nitrogens with zero attached hydrogens (tertiary/aromatic N) is 1. The average molecular weight is 486 g/mol. The highest BCUT2D eigenvalue weighted by Crippen LogP contribution is 2.20. The van der Waals surface area contributed by atoms with Crippen molar-refractivity contribution < 1.29 is 13.2 Å². The van der Waals surface area contributed by atoms with E-state index in [4.69, 9.17) is 0 Å². The second kappa shape index (κ2) is 8.85. The molecule has 5 nitrogen and oxygen atoms in total. The maximum Gasteiger partial charge on any atom is 0.232 e. The molecule has 0 fully saturated rings. The number of rotatable bonds is 7. The monoisotopic (exact) mass is 486 g/mol. The Morgan fingerprint density at radius 2 is 1.77 bits per heavy atom. The molecule has 0 aromatic heterocycles. The Hall–Kier alpha value is -1.61. The molecule has 0 bridgehead atoms. The number of amides is 1. The van der Waals surface area contributed by atoms with E-state index in [9.17, 15) is 13.2 Å². The number of benzene rings is 2. The summed E-state index contributed by atoms with van der Waals surface area (Å²) >= 11 is 2.23. The van der Waals surface area contributed by atoms with Gasteiger partial charge in [0.25, 0.3) is 0 Å². The molecule has 0 unspecified atom stereocenters. The number of hydrogen-bond donors (Lipinski definition) is 1. The van der Waals surface area contributed by atoms with Crippen LogP contribution in [0.5, 0.6) is 0 Å². The third kappa shape index (κ3) is 5.98. The SMILES string of the molecule is Cc1ccc(N(CCCC(=O)Nc2ccc(I)cc2C)S(C)(=O)=O)cc1. The van der Waals surface area contributed by atoms with E-state index in [-0.39, 0.29) is 18.9 Å². The van der Waals surface area contributed by atoms with Crippen molar-refractivity contribution in [2.75, 3.05) is 22.4 Å². The maximum absolute atomic E-state index is 12.2. The van der Waals surface area contributed by atoms with Gasteiger partial charge < -0.3 is 5.32 Å². The lowest BCUT2D eigenvalue weighted by atomic mass is 10.2. The summed E-state index contributed by atoms with van der Waals surface area (Å²) in [7, 11) is -3.40. The quantitative estimate of drug-likeness (QED) is 0.600. The van der Waals surface area contributed by atoms with E-state index >= 15 is 0 Å². The van der Waals surface area contributed by atoms with Crippen LogP contribution in [0, 0.1) is 17.4 Å². The summed E-state index contributed by atoms with van der Waals surface area (Å²) in [4.78, 5) is 12.2. The fraction of sp³-hybridized carbons (Fsp3) is 0.316. The molecule has 140 valence electrons. The van der Waals surface area contributed by atoms with Gasteiger partial charge in [0.05, 0.1) is 11.9 Å². The fourth-order valence-corrected chi connectivity index (χ4v) is 4.17. The third-order valence-electron chi connectivity index (χ3n) is 3.95. The predicted molar refractivity (Wildman–Crippen MR) is 115 cm³/mol. The zero-order valence-corrected chi connectivity index (χ0v) is 18.1. The molecule has 2 aromatic carbocycles. The van der Waals surface area contributed by atoms with Crippen LogP contribution >= 0.6 is 22.6 Å². The van der Waals surface area contributed by atoms with Crippen molar-refractivity contribution in [1.29, 1.82) is 0 Å². The molecule has 0 spiro atoms. The number of carbonyl (C=O) groups excluding carboxylic acids is 1. The van der Waals surface area contributed by atoms with Gasteiger partial charge in [0.1, 0.15) is 0 Å². The fourth-order valence-electron chi connectivity index (χ4n) is 2.56. The first-order valence-corrected chi connectivity index (χ1v) is 11.2. The molecule has 1 amide bonds. The second-order valence-electron chi connectivity index (χ2n) is 6.28. The molecule has 26 heavy (non-hydrogen) atoms. The first-order valence-electron chi connectivity index (χ1n) is 8.27. The Bertz CT molecular complexity index is 880. The van der Waals surface area contributed by atoms with Gasteiger partial charge in [-0.05, 0) is 78.8 Å². The van der Waals surface area contributed by atoms with Crippen LogP contribution in [0.4, 0.5) is 11.4 Å². The number of sulfonamides is 1. The van der Waals surface area contributed by atoms with Crippen molar-refractivity contribution in [2.24, 2.45) is 0 Å². The number of halogens is 1. The summed E-state index contributed by atoms with van der Waals surface area (Å²) in [5, 5.41) is 2.89. The molecule has 0 heterocycles. The zero-order chi connectivity index (χ0) is 19.3. The van der Waals surface area contributed by atoms with Crippen LogP contribution in [0.1, 0.15) is 24.0 Å². The lowest BCUT2D eigenvalue weighted by Crippen LogP contribution is -2.31. The van der Waals surface area contributed by atoms with Crippen LogP contribution in [-0.4, -0.2) is 27.1 Å². The zero-order valence-electron chi connectivity index (χ0n) is 15.1. The molecule has 0 aliphatic carbocycles. The molecule has 1 N–H and O–H groups in total. The first-order chi connectivity index (χ1) is 12.2. The Balaban J connectivity index is 1.96. The molecule has 2 rings (SSSR count). The van der Waals surface area contributed by atoms with E-state index < -0.39 is 10.0 Å². The minimum atomic E-state index is -3.40. The molecule has 0 radical (unpaired) electrons. The van der Waals surface area contributed by atoms with Crippen molar-refractivity contribution in [1.82, 2.24) is 0 Å². The van der Waals surface area contributed by atoms with Crippen LogP contribution in [0.3, 0.4) is 0 Å². The normalized spacial score (nSPS) is 11.2. The molecular weight excluding hydrogens is 463 g/mol. The first kappa shape index (κ1) is 20.7. The largest absolute Gasteiger partial charge is 0.326 e. The summed E-state index contributed by atoms with van der Waals surface area (Å²) in [6.45, 7) is 4.16. The van der Waals surface area contributed by atoms with Crippen LogP contribution in [-0.2, 0) is 14.8 Å². The highest BCUT2D eigenvalue weighted by atomic mass is 127. The molecule has 7 heteroatoms. The highest BCUT2D eigenvalue weighted by molar-refractivity contribution is 14.1. The van der Waals surface area contributed by atoms with Crippen LogP contribution < -0.4 is 9.62 Å². The average Bonchev–Trinajstić information content (AvgIpc) is 2.54. The van der Waals surface area contributed by atoms with Crippen molar-refractivity contribution in [3.05, 3.63) is 57.2 Å². The van der Waals surface area contributed by atoms with Gasteiger partial charge in [-0.2, -0.15) is 0 Å². The van der Waals surface area contributed by atoms with Gasteiger partial charge in [0.2, 0.25) is 15.9 Å². The Morgan fingerprint density at radius 1 is 1.12 bits per heavy atom. The van der Waals surface area contributed by atoms with Gasteiger partial charge in [-0.25, -0.2) is 8.42 Å². The smallest absolute Gasteiger partial charge is 0.232 e. The van der Waals surface area contributed by atoms with Crippen molar-refractivity contribution in [3.63, 3.8) is 0 Å². The summed E-state index contributed by atoms with van der Waals surface area (Å²) < 4.78 is 26.6. The topological polar surface area (TPSA) is 66.5 Å². The van der Waals surface area contributed by atoms with Gasteiger partial charge >= 0.3 is 0 Å². The number of hydrogen-bond acceptors (Lipinski definition) is 3. The van der Waals surface area contributed by atoms with E-state index in [1.54, 1.807) is 12.1 Å². The van der Waals surface area contributed by atoms with Gasteiger partial charge in [-0.1, -0.05) is 17.7 Å². The van der Waals surface area contributed by atoms with E-state index in [1.807, 2.05) is 44.2 Å². The van der Waals surface area contributed by atoms with E-state index in [2.05, 4.69) is 27.9 Å². The van der Waals surface area contributed by atoms with E-state index in [0.29, 0.717) is 12.1 Å². The summed E-state index contributed by atoms with van der Waals surface area (Å²) in [6.07, 6.45) is 1.88. The van der Waals surface area contributed by atoms with E-state index in [1.165, 1.54) is 10.6 Å². The van der Waals surface area contributed by atoms with Crippen molar-refractivity contribution >= 4 is 49.9 Å². The minimum Gasteiger partial charge on any atom is -0.326 e. The minimum absolute atomic E-state index is 0.119. The van der Waals surface area contributed by atoms with Crippen molar-refractivity contribution in [3.8, 4) is 0 Å². The van der Waals surface area contributed by atoms with Gasteiger partial charge in [-0.3, -0.25) is 9.10 Å². The molecule has 0 aliphatic rings. The Kier molecular flexibility index (Phi) is 7.05. The van der Waals surface area contributed by atoms with Gasteiger partial charge in [-0.15, -0.1) is 0 Å². The lowest BCUT2D eigenvalue weighted by Gasteiger charge is -2.22. The second-order valence-corrected chi connectivity index (χ2v) is 9.43. The van der Waals surface area contributed by atoms with Crippen LogP contribution in [0.2, 0.25) is 0 Å². The molecule has 0 atom stereocenters. The van der Waals surface area contributed by atoms with Gasteiger partial charge in [0.15, 0.2) is 0 Å². The Labute approximate surface area is 169 Å². The predicted octanol–water partition coefficient (Wildman–Crippen LogP) is 4.09. The summed E-state index contributed by atoms with van der Waals surface area (Å²) in [6, 6.07) is 13.1. The van der Waals surface area contributed by atoms with Crippen LogP contribution in [0.25, 0.3) is 0 Å². The van der Waals surface area contributed by atoms with Crippen LogP contribution in [0.15, 0.2) is 42.5 Å². The molecule has 0 aliphatic heterocycles. The number of aryl methyl sites for hydroxylation is 2. The summed E-state index contributed by atoms with van der Waals surface area (Å²) in [5.74, 6) is -0.119. The highest BCUT2D eigenvalue weighted by Gasteiger charge is 2.17. The third-order valence-corrected chi connectivity index (χ3v) is 5.81. The number of carbonyl (C=O) groups is 1. The van der Waals surface area contributed by atoms with E-state index in [0.717, 1.165) is 20.4 Å². The molecular formula is C19H23IN2O3S. The maximum atomic E-state index is 12.2. The standard InChI is InChI=1S/C19H23IN2O3S/c1-14-6-9-17(10-7-14)22(26(3,24)25)12-4-5-19(23)21-18-11-8-16(20)13-15(18)2/h6-11,13H,4-5,12H2,1-3H3,(H,21,23). The number of nitrogens with one attached hydrogen (secondary N) is 1. The van der Waals surface area contributed by atoms with Gasteiger partial charge in [0, 0.05) is 22.2 Å². The Morgan fingerprint density at radius 3 is 2.35 bits per heavy atom. The number of anilines is 2. The summed E-state index contributed by atoms with van der Waals surface area (Å²) in [5.41, 5.74) is 3.47. The lowest BCUT2D eigenvalue weighted by molar-refractivity contribution is -0.116. The molecule has 0 saturated carbocycles. The molecule has 2 aromatic rings.